The Balaban J connectivity index is -0.0000218. The van der Waals surface area contributed by atoms with Crippen LogP contribution in [-0.4, -0.2) is 264 Å². The predicted octanol–water partition coefficient (Wildman–Crippen LogP) is -8.08. The van der Waals surface area contributed by atoms with Gasteiger partial charge in [0.2, 0.25) is 23.6 Å². The number of carbonyl (C=O) groups is 4. The molecule has 0 spiro atoms. The molecule has 0 fully saturated rings. The zero-order valence-electron chi connectivity index (χ0n) is 40.4. The molecule has 0 heterocycles. The van der Waals surface area contributed by atoms with E-state index in [4.69, 9.17) is 9.47 Å². The van der Waals surface area contributed by atoms with E-state index in [1.807, 2.05) is 14.1 Å². The van der Waals surface area contributed by atoms with Gasteiger partial charge < -0.3 is 105 Å². The maximum absolute atomic E-state index is 12.2. The summed E-state index contributed by atoms with van der Waals surface area (Å²) in [5.74, 6) is -2.52. The van der Waals surface area contributed by atoms with Crippen molar-refractivity contribution in [3.05, 3.63) is 0 Å². The van der Waals surface area contributed by atoms with Crippen LogP contribution >= 0.6 is 0 Å². The first-order valence-corrected chi connectivity index (χ1v) is 25.5. The van der Waals surface area contributed by atoms with Crippen LogP contribution in [0.2, 0.25) is 0 Å². The van der Waals surface area contributed by atoms with Gasteiger partial charge in [0, 0.05) is 170 Å². The highest BCUT2D eigenvalue weighted by atomic mass is 32.2. The lowest BCUT2D eigenvalue weighted by Crippen LogP contribution is -2.39. The summed E-state index contributed by atoms with van der Waals surface area (Å²) in [5.41, 5.74) is 0. The molecule has 2 unspecified atom stereocenters. The topological polar surface area (TPSA) is 354 Å². The minimum Gasteiger partial charge on any atom is -0.389 e. The van der Waals surface area contributed by atoms with E-state index in [1.165, 1.54) is 0 Å². The summed E-state index contributed by atoms with van der Waals surface area (Å²) in [6.45, 7) is 16.2. The fourth-order valence-corrected chi connectivity index (χ4v) is 6.27. The lowest BCUT2D eigenvalue weighted by atomic mass is 10.3. The number of aliphatic hydroxyl groups excluding tert-OH is 2. The van der Waals surface area contributed by atoms with E-state index in [-0.39, 0.29) is 77.6 Å². The zero-order valence-corrected chi connectivity index (χ0v) is 41.2. The second kappa shape index (κ2) is 53.0. The SMILES string of the molecule is C.C.CNCCNCCNCCNC(=O)CC(=O)NCCNCCNCCNCC(O)COCS(=O)(=O)COCC(O)CNCCNCCNCCNC(=O)CC(=O)NCCNCCNCCNC. The summed E-state index contributed by atoms with van der Waals surface area (Å²) >= 11 is 0. The molecule has 18 N–H and O–H groups in total. The highest BCUT2D eigenvalue weighted by Gasteiger charge is 2.15. The van der Waals surface area contributed by atoms with Crippen molar-refractivity contribution in [3.63, 3.8) is 0 Å². The van der Waals surface area contributed by atoms with Crippen LogP contribution < -0.4 is 85.1 Å². The molecule has 0 radical (unpaired) electrons. The van der Waals surface area contributed by atoms with Crippen molar-refractivity contribution in [3.8, 4) is 0 Å². The molecule has 0 aliphatic heterocycles. The van der Waals surface area contributed by atoms with Crippen molar-refractivity contribution in [2.24, 2.45) is 0 Å². The second-order valence-electron chi connectivity index (χ2n) is 15.4. The first-order valence-electron chi connectivity index (χ1n) is 23.6. The van der Waals surface area contributed by atoms with Crippen LogP contribution in [0, 0.1) is 0 Å². The molecule has 0 rings (SSSR count). The van der Waals surface area contributed by atoms with Crippen molar-refractivity contribution in [2.75, 3.05) is 209 Å². The van der Waals surface area contributed by atoms with Crippen molar-refractivity contribution in [1.29, 1.82) is 0 Å². The number of ether oxygens (including phenoxy) is 2. The normalized spacial score (nSPS) is 12.1. The van der Waals surface area contributed by atoms with Crippen LogP contribution in [0.25, 0.3) is 0 Å². The Kier molecular flexibility index (Phi) is 54.1. The number of carbonyl (C=O) groups excluding carboxylic acids is 4. The van der Waals surface area contributed by atoms with E-state index in [2.05, 4.69) is 85.1 Å². The minimum absolute atomic E-state index is 0. The number of likely N-dealkylation sites (N-methyl/N-ethyl adjacent to an activating group) is 2. The van der Waals surface area contributed by atoms with Crippen molar-refractivity contribution >= 4 is 33.5 Å². The summed E-state index contributed by atoms with van der Waals surface area (Å²) in [6.07, 6.45) is -2.23. The molecule has 27 heteroatoms. The molecule has 0 aromatic carbocycles. The smallest absolute Gasteiger partial charge is 0.229 e. The molecule has 0 aromatic rings. The highest BCUT2D eigenvalue weighted by Crippen LogP contribution is 1.96. The largest absolute Gasteiger partial charge is 0.389 e. The highest BCUT2D eigenvalue weighted by molar-refractivity contribution is 7.91. The molecule has 0 saturated carbocycles. The van der Waals surface area contributed by atoms with Crippen molar-refractivity contribution in [2.45, 2.75) is 39.9 Å². The Hall–Kier alpha value is -2.81. The molecule has 412 valence electrons. The van der Waals surface area contributed by atoms with Gasteiger partial charge in [-0.25, -0.2) is 8.42 Å². The summed E-state index contributed by atoms with van der Waals surface area (Å²) in [5, 5.41) is 69.2. The van der Waals surface area contributed by atoms with Crippen LogP contribution in [-0.2, 0) is 38.5 Å². The average Bonchev–Trinajstić information content (AvgIpc) is 3.28. The van der Waals surface area contributed by atoms with E-state index in [9.17, 15) is 37.8 Å². The Morgan fingerprint density at radius 1 is 0.377 bits per heavy atom. The quantitative estimate of drug-likeness (QED) is 0.0199. The van der Waals surface area contributed by atoms with Gasteiger partial charge in [-0.05, 0) is 14.1 Å². The van der Waals surface area contributed by atoms with E-state index >= 15 is 0 Å². The standard InChI is InChI=1S/C40H90N16O10S.2CH4/c1-41-3-5-43-7-11-47-19-23-53-37(59)27-39(61)55-25-21-49-13-9-45-15-17-51-29-35(57)31-65-33-67(63,64)34-66-32-36(58)30-52-18-16-46-10-14-50-22-26-56-40(62)28-38(60)54-24-20-48-12-8-44-6-4-42-2;;/h35-36,41-52,57-58H,3-34H2,1-2H3,(H,53,59)(H,54,60)(H,55,61)(H,56,62);2*1H4. The average molecular weight is 1020 g/mol. The number of aliphatic hydroxyl groups is 2. The Bertz CT molecular complexity index is 1220. The van der Waals surface area contributed by atoms with Crippen molar-refractivity contribution < 1.29 is 47.3 Å². The number of rotatable bonds is 52. The van der Waals surface area contributed by atoms with Crippen molar-refractivity contribution in [1.82, 2.24) is 85.1 Å². The van der Waals surface area contributed by atoms with Gasteiger partial charge in [-0.1, -0.05) is 14.9 Å². The molecular formula is C42H98N16O10S. The molecule has 0 aliphatic rings. The third-order valence-corrected chi connectivity index (χ3v) is 10.1. The first-order chi connectivity index (χ1) is 32.5. The van der Waals surface area contributed by atoms with Gasteiger partial charge in [-0.15, -0.1) is 0 Å². The Morgan fingerprint density at radius 3 is 0.841 bits per heavy atom. The molecule has 4 amide bonds. The number of hydrogen-bond donors (Lipinski definition) is 18. The minimum atomic E-state index is -3.72. The number of nitrogens with one attached hydrogen (secondary N) is 16. The maximum atomic E-state index is 12.2. The molecule has 0 aromatic heterocycles. The molecule has 69 heavy (non-hydrogen) atoms. The van der Waals surface area contributed by atoms with E-state index in [0.29, 0.717) is 105 Å². The fourth-order valence-electron chi connectivity index (χ4n) is 5.50. The van der Waals surface area contributed by atoms with E-state index in [0.717, 1.165) is 52.4 Å². The first kappa shape index (κ1) is 70.4. The third-order valence-electron chi connectivity index (χ3n) is 9.02. The summed E-state index contributed by atoms with van der Waals surface area (Å²) in [7, 11) is 0.0889. The molecule has 26 nitrogen and oxygen atoms in total. The predicted molar refractivity (Wildman–Crippen MR) is 274 cm³/mol. The van der Waals surface area contributed by atoms with Gasteiger partial charge in [0.25, 0.3) is 0 Å². The summed E-state index contributed by atoms with van der Waals surface area (Å²) < 4.78 is 34.8. The van der Waals surface area contributed by atoms with E-state index < -0.39 is 33.9 Å². The molecular weight excluding hydrogens is 921 g/mol. The zero-order chi connectivity index (χ0) is 49.3. The molecule has 0 saturated heterocycles. The van der Waals surface area contributed by atoms with Crippen LogP contribution in [0.4, 0.5) is 0 Å². The number of amides is 4. The van der Waals surface area contributed by atoms with Gasteiger partial charge in [0.15, 0.2) is 21.7 Å². The fraction of sp³-hybridized carbons (Fsp3) is 0.905. The maximum Gasteiger partial charge on any atom is 0.229 e. The lowest BCUT2D eigenvalue weighted by Gasteiger charge is -2.14. The van der Waals surface area contributed by atoms with Gasteiger partial charge in [0.05, 0.1) is 25.4 Å². The van der Waals surface area contributed by atoms with E-state index in [1.54, 1.807) is 0 Å². The lowest BCUT2D eigenvalue weighted by molar-refractivity contribution is -0.130. The number of sulfone groups is 1. The Morgan fingerprint density at radius 2 is 0.594 bits per heavy atom. The van der Waals surface area contributed by atoms with Gasteiger partial charge in [-0.2, -0.15) is 0 Å². The van der Waals surface area contributed by atoms with Crippen LogP contribution in [0.15, 0.2) is 0 Å². The van der Waals surface area contributed by atoms with Gasteiger partial charge >= 0.3 is 0 Å². The molecule has 0 aliphatic carbocycles. The third kappa shape index (κ3) is 54.4. The van der Waals surface area contributed by atoms with Crippen LogP contribution in [0.5, 0.6) is 0 Å². The number of hydrogen-bond acceptors (Lipinski definition) is 22. The Labute approximate surface area is 414 Å². The van der Waals surface area contributed by atoms with Gasteiger partial charge in [-0.3, -0.25) is 19.2 Å². The van der Waals surface area contributed by atoms with Crippen LogP contribution in [0.1, 0.15) is 27.7 Å². The second-order valence-corrected chi connectivity index (χ2v) is 17.4. The monoisotopic (exact) mass is 1020 g/mol. The summed E-state index contributed by atoms with van der Waals surface area (Å²) in [6, 6.07) is 0. The van der Waals surface area contributed by atoms with Crippen LogP contribution in [0.3, 0.4) is 0 Å². The summed E-state index contributed by atoms with van der Waals surface area (Å²) in [4.78, 5) is 47.7. The molecule has 2 atom stereocenters. The van der Waals surface area contributed by atoms with Gasteiger partial charge in [0.1, 0.15) is 12.8 Å². The molecule has 0 bridgehead atoms.